The van der Waals surface area contributed by atoms with Crippen molar-refractivity contribution in [1.29, 1.82) is 0 Å². The smallest absolute Gasteiger partial charge is 0.351 e. The third kappa shape index (κ3) is 5.58. The Hall–Kier alpha value is -3.66. The molecule has 4 rings (SSSR count). The van der Waals surface area contributed by atoms with E-state index in [-0.39, 0.29) is 17.3 Å². The Kier molecular flexibility index (Phi) is 6.74. The second kappa shape index (κ2) is 9.86. The van der Waals surface area contributed by atoms with E-state index in [0.29, 0.717) is 46.9 Å². The molecule has 2 heterocycles. The van der Waals surface area contributed by atoms with Gasteiger partial charge in [-0.3, -0.25) is 4.79 Å². The molecule has 0 saturated carbocycles. The number of carbonyl (C=O) groups is 2. The highest BCUT2D eigenvalue weighted by Gasteiger charge is 2.23. The van der Waals surface area contributed by atoms with Gasteiger partial charge in [0, 0.05) is 11.8 Å². The van der Waals surface area contributed by atoms with E-state index in [1.807, 2.05) is 0 Å². The standard InChI is InChI=1S/C23H21FN2O6S/c1-13-21(33-20(25-13)12-31-17-6-3-15(24)4-7-17)23(28)32-14(2)22(27)26-16-5-8-18-19(11-16)30-10-9-29-18/h3-8,11,14H,9-10,12H2,1-2H3,(H,26,27). The SMILES string of the molecule is Cc1nc(COc2ccc(F)cc2)sc1C(=O)OC(C)C(=O)Nc1ccc2c(c1)OCCO2. The predicted octanol–water partition coefficient (Wildman–Crippen LogP) is 4.12. The zero-order valence-electron chi connectivity index (χ0n) is 17.9. The summed E-state index contributed by atoms with van der Waals surface area (Å²) in [5.74, 6) is 0.144. The second-order valence-corrected chi connectivity index (χ2v) is 8.24. The Labute approximate surface area is 193 Å². The van der Waals surface area contributed by atoms with Crippen LogP contribution in [-0.4, -0.2) is 36.2 Å². The topological polar surface area (TPSA) is 96.0 Å². The van der Waals surface area contributed by atoms with Gasteiger partial charge in [0.1, 0.15) is 41.3 Å². The van der Waals surface area contributed by atoms with Crippen molar-refractivity contribution in [3.63, 3.8) is 0 Å². The lowest BCUT2D eigenvalue weighted by molar-refractivity contribution is -0.123. The van der Waals surface area contributed by atoms with Crippen molar-refractivity contribution in [1.82, 2.24) is 4.98 Å². The molecular formula is C23H21FN2O6S. The lowest BCUT2D eigenvalue weighted by Gasteiger charge is -2.19. The average molecular weight is 472 g/mol. The number of esters is 1. The summed E-state index contributed by atoms with van der Waals surface area (Å²) in [5, 5.41) is 3.25. The molecule has 1 aromatic heterocycles. The van der Waals surface area contributed by atoms with E-state index in [4.69, 9.17) is 18.9 Å². The fraction of sp³-hybridized carbons (Fsp3) is 0.261. The summed E-state index contributed by atoms with van der Waals surface area (Å²) in [6.45, 7) is 4.19. The van der Waals surface area contributed by atoms with Crippen LogP contribution in [-0.2, 0) is 16.1 Å². The lowest BCUT2D eigenvalue weighted by Crippen LogP contribution is -2.30. The first-order valence-corrected chi connectivity index (χ1v) is 11.0. The van der Waals surface area contributed by atoms with Gasteiger partial charge in [-0.25, -0.2) is 14.2 Å². The molecule has 0 saturated heterocycles. The van der Waals surface area contributed by atoms with Gasteiger partial charge in [0.2, 0.25) is 0 Å². The molecule has 2 aromatic carbocycles. The largest absolute Gasteiger partial charge is 0.486 e. The van der Waals surface area contributed by atoms with E-state index >= 15 is 0 Å². The van der Waals surface area contributed by atoms with Gasteiger partial charge in [0.15, 0.2) is 17.6 Å². The van der Waals surface area contributed by atoms with Crippen LogP contribution in [0.25, 0.3) is 0 Å². The van der Waals surface area contributed by atoms with Crippen molar-refractivity contribution in [2.24, 2.45) is 0 Å². The Morgan fingerprint density at radius 3 is 2.64 bits per heavy atom. The maximum absolute atomic E-state index is 13.0. The molecule has 1 N–H and O–H groups in total. The molecule has 1 atom stereocenters. The second-order valence-electron chi connectivity index (χ2n) is 7.16. The van der Waals surface area contributed by atoms with Crippen LogP contribution in [0.1, 0.15) is 27.3 Å². The van der Waals surface area contributed by atoms with Crippen LogP contribution < -0.4 is 19.5 Å². The summed E-state index contributed by atoms with van der Waals surface area (Å²) in [6, 6.07) is 10.6. The number of halogens is 1. The molecule has 0 aliphatic carbocycles. The molecule has 172 valence electrons. The first-order chi connectivity index (χ1) is 15.9. The number of benzene rings is 2. The maximum Gasteiger partial charge on any atom is 0.351 e. The summed E-state index contributed by atoms with van der Waals surface area (Å²) in [4.78, 5) is 29.7. The Bertz CT molecular complexity index is 1160. The number of thiazole rings is 1. The van der Waals surface area contributed by atoms with Gasteiger partial charge >= 0.3 is 5.97 Å². The van der Waals surface area contributed by atoms with Crippen LogP contribution in [0, 0.1) is 12.7 Å². The number of nitrogens with zero attached hydrogens (tertiary/aromatic N) is 1. The molecule has 33 heavy (non-hydrogen) atoms. The van der Waals surface area contributed by atoms with Crippen LogP contribution >= 0.6 is 11.3 Å². The van der Waals surface area contributed by atoms with Crippen molar-refractivity contribution >= 4 is 28.9 Å². The van der Waals surface area contributed by atoms with E-state index in [1.54, 1.807) is 25.1 Å². The zero-order valence-corrected chi connectivity index (χ0v) is 18.7. The minimum atomic E-state index is -1.04. The van der Waals surface area contributed by atoms with Crippen LogP contribution in [0.5, 0.6) is 17.2 Å². The number of hydrogen-bond donors (Lipinski definition) is 1. The monoisotopic (exact) mass is 472 g/mol. The predicted molar refractivity (Wildman–Crippen MR) is 119 cm³/mol. The number of amides is 1. The van der Waals surface area contributed by atoms with Crippen molar-refractivity contribution in [2.45, 2.75) is 26.6 Å². The van der Waals surface area contributed by atoms with E-state index in [9.17, 15) is 14.0 Å². The maximum atomic E-state index is 13.0. The summed E-state index contributed by atoms with van der Waals surface area (Å²) in [6.07, 6.45) is -1.04. The van der Waals surface area contributed by atoms with Crippen LogP contribution in [0.2, 0.25) is 0 Å². The highest BCUT2D eigenvalue weighted by molar-refractivity contribution is 7.13. The van der Waals surface area contributed by atoms with Gasteiger partial charge < -0.3 is 24.3 Å². The molecule has 0 radical (unpaired) electrons. The highest BCUT2D eigenvalue weighted by Crippen LogP contribution is 2.32. The number of carbonyl (C=O) groups excluding carboxylic acids is 2. The van der Waals surface area contributed by atoms with Crippen LogP contribution in [0.3, 0.4) is 0 Å². The first-order valence-electron chi connectivity index (χ1n) is 10.1. The molecule has 1 aliphatic rings. The number of anilines is 1. The first kappa shape index (κ1) is 22.5. The normalized spacial score (nSPS) is 13.2. The van der Waals surface area contributed by atoms with Gasteiger partial charge in [0.25, 0.3) is 5.91 Å². The minimum absolute atomic E-state index is 0.116. The lowest BCUT2D eigenvalue weighted by atomic mass is 10.2. The van der Waals surface area contributed by atoms with E-state index in [2.05, 4.69) is 10.3 Å². The molecule has 3 aromatic rings. The average Bonchev–Trinajstić information content (AvgIpc) is 3.19. The van der Waals surface area contributed by atoms with Crippen molar-refractivity contribution in [2.75, 3.05) is 18.5 Å². The minimum Gasteiger partial charge on any atom is -0.486 e. The quantitative estimate of drug-likeness (QED) is 0.517. The molecule has 1 aliphatic heterocycles. The molecule has 8 nitrogen and oxygen atoms in total. The number of hydrogen-bond acceptors (Lipinski definition) is 8. The number of fused-ring (bicyclic) bond motifs is 1. The molecule has 0 spiro atoms. The molecule has 1 amide bonds. The highest BCUT2D eigenvalue weighted by atomic mass is 32.1. The molecule has 1 unspecified atom stereocenters. The molecule has 0 fully saturated rings. The van der Waals surface area contributed by atoms with Crippen molar-refractivity contribution in [3.8, 4) is 17.2 Å². The fourth-order valence-corrected chi connectivity index (χ4v) is 3.87. The van der Waals surface area contributed by atoms with E-state index in [1.165, 1.54) is 31.2 Å². The molecular weight excluding hydrogens is 451 g/mol. The summed E-state index contributed by atoms with van der Waals surface area (Å²) in [5.41, 5.74) is 0.975. The fourth-order valence-electron chi connectivity index (χ4n) is 3.01. The Morgan fingerprint density at radius 2 is 1.88 bits per heavy atom. The number of aromatic nitrogens is 1. The van der Waals surface area contributed by atoms with Gasteiger partial charge in [0.05, 0.1) is 5.69 Å². The van der Waals surface area contributed by atoms with E-state index < -0.39 is 18.0 Å². The Morgan fingerprint density at radius 1 is 1.15 bits per heavy atom. The number of rotatable bonds is 7. The van der Waals surface area contributed by atoms with Crippen molar-refractivity contribution < 1.29 is 32.9 Å². The van der Waals surface area contributed by atoms with Gasteiger partial charge in [-0.1, -0.05) is 0 Å². The Balaban J connectivity index is 1.33. The third-order valence-electron chi connectivity index (χ3n) is 4.66. The summed E-state index contributed by atoms with van der Waals surface area (Å²) < 4.78 is 34.8. The van der Waals surface area contributed by atoms with Crippen LogP contribution in [0.4, 0.5) is 10.1 Å². The summed E-state index contributed by atoms with van der Waals surface area (Å²) >= 11 is 1.12. The molecule has 0 bridgehead atoms. The summed E-state index contributed by atoms with van der Waals surface area (Å²) in [7, 11) is 0. The zero-order chi connectivity index (χ0) is 23.4. The molecule has 10 heteroatoms. The number of nitrogens with one attached hydrogen (secondary N) is 1. The van der Waals surface area contributed by atoms with E-state index in [0.717, 1.165) is 11.3 Å². The van der Waals surface area contributed by atoms with Gasteiger partial charge in [-0.05, 0) is 50.2 Å². The number of ether oxygens (including phenoxy) is 4. The third-order valence-corrected chi connectivity index (χ3v) is 5.78. The van der Waals surface area contributed by atoms with Gasteiger partial charge in [-0.2, -0.15) is 0 Å². The van der Waals surface area contributed by atoms with Crippen molar-refractivity contribution in [3.05, 3.63) is 63.9 Å². The van der Waals surface area contributed by atoms with Crippen LogP contribution in [0.15, 0.2) is 42.5 Å². The van der Waals surface area contributed by atoms with Gasteiger partial charge in [-0.15, -0.1) is 11.3 Å². The number of aryl methyl sites for hydroxylation is 1.